The molecule has 12 heavy (non-hydrogen) atoms. The maximum atomic E-state index is 10.3. The zero-order valence-electron chi connectivity index (χ0n) is 6.56. The van der Waals surface area contributed by atoms with Crippen molar-refractivity contribution in [2.75, 3.05) is 0 Å². The van der Waals surface area contributed by atoms with E-state index >= 15 is 0 Å². The molecule has 0 saturated carbocycles. The summed E-state index contributed by atoms with van der Waals surface area (Å²) in [6, 6.07) is 0. The largest absolute Gasteiger partial charge is 0.479 e. The van der Waals surface area contributed by atoms with Crippen LogP contribution < -0.4 is 0 Å². The molecule has 0 aromatic carbocycles. The molecule has 0 spiro atoms. The second-order valence-electron chi connectivity index (χ2n) is 2.27. The van der Waals surface area contributed by atoms with E-state index in [1.54, 1.807) is 5.51 Å². The first kappa shape index (κ1) is 9.15. The second-order valence-corrected chi connectivity index (χ2v) is 2.99. The van der Waals surface area contributed by atoms with Gasteiger partial charge in [-0.3, -0.25) is 0 Å². The first-order valence-electron chi connectivity index (χ1n) is 3.41. The first-order valence-corrected chi connectivity index (χ1v) is 4.36. The van der Waals surface area contributed by atoms with E-state index in [0.717, 1.165) is 5.69 Å². The Hall–Kier alpha value is -0.940. The number of carboxylic acids is 1. The molecule has 0 amide bonds. The van der Waals surface area contributed by atoms with Gasteiger partial charge in [-0.05, 0) is 6.92 Å². The van der Waals surface area contributed by atoms with Crippen molar-refractivity contribution in [2.24, 2.45) is 0 Å². The summed E-state index contributed by atoms with van der Waals surface area (Å²) in [7, 11) is 0. The lowest BCUT2D eigenvalue weighted by atomic mass is 10.4. The molecule has 1 heterocycles. The van der Waals surface area contributed by atoms with Crippen molar-refractivity contribution in [1.82, 2.24) is 4.98 Å². The average Bonchev–Trinajstić information content (AvgIpc) is 2.51. The van der Waals surface area contributed by atoms with Gasteiger partial charge in [-0.2, -0.15) is 0 Å². The van der Waals surface area contributed by atoms with Crippen molar-refractivity contribution in [1.29, 1.82) is 0 Å². The molecule has 0 aliphatic rings. The van der Waals surface area contributed by atoms with Crippen LogP contribution in [0.25, 0.3) is 0 Å². The Balaban J connectivity index is 2.31. The van der Waals surface area contributed by atoms with Crippen molar-refractivity contribution >= 4 is 17.3 Å². The molecule has 1 N–H and O–H groups in total. The molecule has 0 fully saturated rings. The van der Waals surface area contributed by atoms with Gasteiger partial charge in [-0.1, -0.05) is 0 Å². The molecular weight excluding hydrogens is 178 g/mol. The van der Waals surface area contributed by atoms with Gasteiger partial charge in [-0.25, -0.2) is 9.78 Å². The monoisotopic (exact) mass is 187 g/mol. The molecule has 0 bridgehead atoms. The van der Waals surface area contributed by atoms with Crippen LogP contribution in [-0.4, -0.2) is 22.2 Å². The van der Waals surface area contributed by atoms with Crippen LogP contribution in [0.1, 0.15) is 12.6 Å². The van der Waals surface area contributed by atoms with Crippen LogP contribution in [0, 0.1) is 0 Å². The number of carboxylic acid groups (broad SMARTS) is 1. The van der Waals surface area contributed by atoms with Gasteiger partial charge >= 0.3 is 5.97 Å². The van der Waals surface area contributed by atoms with Crippen LogP contribution in [0.2, 0.25) is 0 Å². The van der Waals surface area contributed by atoms with Crippen molar-refractivity contribution in [2.45, 2.75) is 19.6 Å². The predicted octanol–water partition coefficient (Wildman–Crippen LogP) is 1.13. The molecule has 1 aromatic rings. The fraction of sp³-hybridized carbons (Fsp3) is 0.429. The molecule has 0 radical (unpaired) electrons. The standard InChI is InChI=1S/C7H9NO3S/c1-5(7(9)10)11-2-6-3-12-4-8-6/h3-5H,2H2,1H3,(H,9,10). The van der Waals surface area contributed by atoms with E-state index in [9.17, 15) is 4.79 Å². The highest BCUT2D eigenvalue weighted by Crippen LogP contribution is 2.04. The number of ether oxygens (including phenoxy) is 1. The van der Waals surface area contributed by atoms with Gasteiger partial charge in [0.1, 0.15) is 0 Å². The lowest BCUT2D eigenvalue weighted by Crippen LogP contribution is -2.19. The van der Waals surface area contributed by atoms with E-state index in [0.29, 0.717) is 0 Å². The Kier molecular flexibility index (Phi) is 3.19. The number of aliphatic carboxylic acids is 1. The maximum absolute atomic E-state index is 10.3. The van der Waals surface area contributed by atoms with E-state index in [2.05, 4.69) is 4.98 Å². The number of carbonyl (C=O) groups is 1. The van der Waals surface area contributed by atoms with E-state index in [1.807, 2.05) is 5.38 Å². The van der Waals surface area contributed by atoms with Gasteiger partial charge in [0.2, 0.25) is 0 Å². The molecule has 1 rings (SSSR count). The van der Waals surface area contributed by atoms with Gasteiger partial charge in [0, 0.05) is 5.38 Å². The molecule has 1 aromatic heterocycles. The highest BCUT2D eigenvalue weighted by molar-refractivity contribution is 7.07. The molecule has 1 unspecified atom stereocenters. The fourth-order valence-electron chi connectivity index (χ4n) is 0.590. The van der Waals surface area contributed by atoms with Crippen LogP contribution in [-0.2, 0) is 16.1 Å². The minimum atomic E-state index is -0.953. The van der Waals surface area contributed by atoms with Crippen LogP contribution in [0.3, 0.4) is 0 Å². The molecule has 0 aliphatic heterocycles. The Labute approximate surface area is 73.8 Å². The number of nitrogens with zero attached hydrogens (tertiary/aromatic N) is 1. The zero-order valence-corrected chi connectivity index (χ0v) is 7.37. The number of aromatic nitrogens is 1. The molecule has 4 nitrogen and oxygen atoms in total. The minimum absolute atomic E-state index is 0.261. The summed E-state index contributed by atoms with van der Waals surface area (Å²) in [5, 5.41) is 10.3. The smallest absolute Gasteiger partial charge is 0.332 e. The van der Waals surface area contributed by atoms with Crippen molar-refractivity contribution < 1.29 is 14.6 Å². The Morgan fingerprint density at radius 1 is 1.92 bits per heavy atom. The third kappa shape index (κ3) is 2.60. The first-order chi connectivity index (χ1) is 5.70. The lowest BCUT2D eigenvalue weighted by molar-refractivity contribution is -0.149. The summed E-state index contributed by atoms with van der Waals surface area (Å²) in [6.45, 7) is 1.76. The second kappa shape index (κ2) is 4.18. The summed E-state index contributed by atoms with van der Waals surface area (Å²) >= 11 is 1.46. The molecule has 1 atom stereocenters. The third-order valence-corrected chi connectivity index (χ3v) is 1.95. The van der Waals surface area contributed by atoms with Gasteiger partial charge in [0.25, 0.3) is 0 Å². The van der Waals surface area contributed by atoms with Crippen LogP contribution >= 0.6 is 11.3 Å². The van der Waals surface area contributed by atoms with E-state index in [-0.39, 0.29) is 6.61 Å². The third-order valence-electron chi connectivity index (χ3n) is 1.31. The molecule has 5 heteroatoms. The van der Waals surface area contributed by atoms with Crippen LogP contribution in [0.5, 0.6) is 0 Å². The lowest BCUT2D eigenvalue weighted by Gasteiger charge is -2.05. The number of rotatable bonds is 4. The fourth-order valence-corrected chi connectivity index (χ4v) is 1.13. The summed E-state index contributed by atoms with van der Waals surface area (Å²) in [5.74, 6) is -0.953. The quantitative estimate of drug-likeness (QED) is 0.767. The van der Waals surface area contributed by atoms with Crippen LogP contribution in [0.4, 0.5) is 0 Å². The molecular formula is C7H9NO3S. The summed E-state index contributed by atoms with van der Waals surface area (Å²) in [4.78, 5) is 14.3. The van der Waals surface area contributed by atoms with Crippen molar-refractivity contribution in [3.63, 3.8) is 0 Å². The Bertz CT molecular complexity index is 247. The van der Waals surface area contributed by atoms with E-state index < -0.39 is 12.1 Å². The summed E-state index contributed by atoms with van der Waals surface area (Å²) in [6.07, 6.45) is -0.772. The van der Waals surface area contributed by atoms with Crippen LogP contribution in [0.15, 0.2) is 10.9 Å². The number of thiazole rings is 1. The average molecular weight is 187 g/mol. The number of hydrogen-bond donors (Lipinski definition) is 1. The van der Waals surface area contributed by atoms with Crippen molar-refractivity contribution in [3.8, 4) is 0 Å². The normalized spacial score (nSPS) is 12.8. The Morgan fingerprint density at radius 2 is 2.67 bits per heavy atom. The molecule has 66 valence electrons. The Morgan fingerprint density at radius 3 is 3.17 bits per heavy atom. The highest BCUT2D eigenvalue weighted by atomic mass is 32.1. The molecule has 0 aliphatic carbocycles. The van der Waals surface area contributed by atoms with Gasteiger partial charge in [-0.15, -0.1) is 11.3 Å². The highest BCUT2D eigenvalue weighted by Gasteiger charge is 2.10. The van der Waals surface area contributed by atoms with Gasteiger partial charge < -0.3 is 9.84 Å². The van der Waals surface area contributed by atoms with E-state index in [1.165, 1.54) is 18.3 Å². The number of hydrogen-bond acceptors (Lipinski definition) is 4. The topological polar surface area (TPSA) is 59.4 Å². The maximum Gasteiger partial charge on any atom is 0.332 e. The van der Waals surface area contributed by atoms with Gasteiger partial charge in [0.05, 0.1) is 17.8 Å². The van der Waals surface area contributed by atoms with Crippen molar-refractivity contribution in [3.05, 3.63) is 16.6 Å². The minimum Gasteiger partial charge on any atom is -0.479 e. The predicted molar refractivity (Wildman–Crippen MR) is 44.0 cm³/mol. The van der Waals surface area contributed by atoms with Gasteiger partial charge in [0.15, 0.2) is 6.10 Å². The summed E-state index contributed by atoms with van der Waals surface area (Å²) < 4.78 is 4.99. The SMILES string of the molecule is CC(OCc1cscn1)C(=O)O. The molecule has 0 saturated heterocycles. The zero-order chi connectivity index (χ0) is 8.97. The summed E-state index contributed by atoms with van der Waals surface area (Å²) in [5.41, 5.74) is 2.46. The van der Waals surface area contributed by atoms with E-state index in [4.69, 9.17) is 9.84 Å².